The smallest absolute Gasteiger partial charge is 0.202 e. The van der Waals surface area contributed by atoms with Crippen LogP contribution >= 0.6 is 0 Å². The Labute approximate surface area is 65.2 Å². The monoisotopic (exact) mass is 153 g/mol. The van der Waals surface area contributed by atoms with E-state index < -0.39 is 0 Å². The number of hydrogen-bond acceptors (Lipinski definition) is 3. The molecular weight excluding hydrogens is 142 g/mol. The van der Waals surface area contributed by atoms with Crippen molar-refractivity contribution in [3.8, 4) is 0 Å². The number of nitrogens with one attached hydrogen (secondary N) is 1. The second kappa shape index (κ2) is 2.74. The number of aromatic nitrogens is 2. The summed E-state index contributed by atoms with van der Waals surface area (Å²) in [5.74, 6) is 0.709. The third-order valence-electron chi connectivity index (χ3n) is 1.37. The highest BCUT2D eigenvalue weighted by Gasteiger charge is 2.04. The molecule has 60 valence electrons. The summed E-state index contributed by atoms with van der Waals surface area (Å²) in [6.07, 6.45) is 1.54. The fourth-order valence-corrected chi connectivity index (χ4v) is 0.717. The van der Waals surface area contributed by atoms with Crippen molar-refractivity contribution >= 4 is 11.7 Å². The number of aromatic amines is 1. The van der Waals surface area contributed by atoms with E-state index in [0.29, 0.717) is 11.6 Å². The maximum absolute atomic E-state index is 10.8. The first-order valence-corrected chi connectivity index (χ1v) is 3.34. The number of Topliss-reactive ketones (excluding diaryl/α,β-unsaturated/α-hetero) is 1. The van der Waals surface area contributed by atoms with Gasteiger partial charge in [0.1, 0.15) is 5.69 Å². The Morgan fingerprint density at radius 3 is 2.55 bits per heavy atom. The number of nitrogens with zero attached hydrogens (tertiary/aromatic N) is 2. The van der Waals surface area contributed by atoms with Crippen molar-refractivity contribution < 1.29 is 4.79 Å². The van der Waals surface area contributed by atoms with Crippen molar-refractivity contribution in [3.63, 3.8) is 0 Å². The second-order valence-electron chi connectivity index (χ2n) is 2.57. The van der Waals surface area contributed by atoms with Gasteiger partial charge in [0, 0.05) is 21.0 Å². The third-order valence-corrected chi connectivity index (χ3v) is 1.37. The largest absolute Gasteiger partial charge is 0.349 e. The number of hydrogen-bond donors (Lipinski definition) is 1. The van der Waals surface area contributed by atoms with Gasteiger partial charge >= 0.3 is 0 Å². The Bertz CT molecular complexity index is 264. The second-order valence-corrected chi connectivity index (χ2v) is 2.57. The molecule has 0 aliphatic rings. The van der Waals surface area contributed by atoms with Crippen molar-refractivity contribution in [1.29, 1.82) is 0 Å². The van der Waals surface area contributed by atoms with Gasteiger partial charge in [-0.25, -0.2) is 4.98 Å². The first kappa shape index (κ1) is 7.78. The number of H-pyrrole nitrogens is 1. The van der Waals surface area contributed by atoms with Gasteiger partial charge in [-0.1, -0.05) is 0 Å². The molecule has 0 amide bonds. The predicted molar refractivity (Wildman–Crippen MR) is 42.9 cm³/mol. The molecule has 0 saturated carbocycles. The number of rotatable bonds is 2. The molecule has 0 aromatic carbocycles. The Balaban J connectivity index is 2.90. The van der Waals surface area contributed by atoms with Crippen LogP contribution in [0.15, 0.2) is 6.20 Å². The molecule has 0 unspecified atom stereocenters. The average molecular weight is 153 g/mol. The molecule has 4 nitrogen and oxygen atoms in total. The normalized spacial score (nSPS) is 9.73. The molecule has 0 aliphatic carbocycles. The number of ketones is 1. The van der Waals surface area contributed by atoms with Crippen LogP contribution in [-0.2, 0) is 0 Å². The van der Waals surface area contributed by atoms with Crippen molar-refractivity contribution in [2.24, 2.45) is 0 Å². The van der Waals surface area contributed by atoms with Crippen LogP contribution in [0.25, 0.3) is 0 Å². The molecule has 1 N–H and O–H groups in total. The lowest BCUT2D eigenvalue weighted by Crippen LogP contribution is -2.10. The topological polar surface area (TPSA) is 49.0 Å². The highest BCUT2D eigenvalue weighted by atomic mass is 16.1. The van der Waals surface area contributed by atoms with Crippen molar-refractivity contribution in [2.75, 3.05) is 19.0 Å². The Kier molecular flexibility index (Phi) is 1.94. The maximum atomic E-state index is 10.8. The van der Waals surface area contributed by atoms with Crippen LogP contribution < -0.4 is 4.90 Å². The highest BCUT2D eigenvalue weighted by Crippen LogP contribution is 2.04. The molecule has 0 atom stereocenters. The van der Waals surface area contributed by atoms with Gasteiger partial charge in [-0.15, -0.1) is 0 Å². The van der Waals surface area contributed by atoms with Crippen LogP contribution in [0.1, 0.15) is 17.4 Å². The van der Waals surface area contributed by atoms with Crippen molar-refractivity contribution in [1.82, 2.24) is 9.97 Å². The number of anilines is 1. The van der Waals surface area contributed by atoms with E-state index in [1.165, 1.54) is 13.1 Å². The van der Waals surface area contributed by atoms with Crippen LogP contribution in [0.4, 0.5) is 5.95 Å². The van der Waals surface area contributed by atoms with E-state index in [0.717, 1.165) is 0 Å². The lowest BCUT2D eigenvalue weighted by Gasteiger charge is -2.05. The van der Waals surface area contributed by atoms with Crippen LogP contribution in [0.5, 0.6) is 0 Å². The molecule has 0 saturated heterocycles. The van der Waals surface area contributed by atoms with Gasteiger partial charge in [0.15, 0.2) is 5.78 Å². The zero-order valence-electron chi connectivity index (χ0n) is 6.88. The minimum absolute atomic E-state index is 0.00519. The minimum atomic E-state index is 0.00519. The molecule has 0 fully saturated rings. The van der Waals surface area contributed by atoms with Gasteiger partial charge in [-0.3, -0.25) is 4.79 Å². The molecule has 1 aromatic rings. The summed E-state index contributed by atoms with van der Waals surface area (Å²) in [7, 11) is 3.73. The van der Waals surface area contributed by atoms with Crippen LogP contribution in [-0.4, -0.2) is 29.8 Å². The summed E-state index contributed by atoms with van der Waals surface area (Å²) in [5, 5.41) is 0. The number of imidazole rings is 1. The van der Waals surface area contributed by atoms with E-state index in [2.05, 4.69) is 9.97 Å². The van der Waals surface area contributed by atoms with Gasteiger partial charge < -0.3 is 9.88 Å². The van der Waals surface area contributed by atoms with Crippen LogP contribution in [0.2, 0.25) is 0 Å². The Morgan fingerprint density at radius 2 is 2.27 bits per heavy atom. The van der Waals surface area contributed by atoms with Crippen LogP contribution in [0, 0.1) is 0 Å². The van der Waals surface area contributed by atoms with Crippen LogP contribution in [0.3, 0.4) is 0 Å². The first-order chi connectivity index (χ1) is 5.11. The molecule has 0 aliphatic heterocycles. The molecule has 0 bridgehead atoms. The lowest BCUT2D eigenvalue weighted by atomic mass is 10.3. The lowest BCUT2D eigenvalue weighted by molar-refractivity contribution is 0.101. The third kappa shape index (κ3) is 1.58. The predicted octanol–water partition coefficient (Wildman–Crippen LogP) is 0.678. The Morgan fingerprint density at radius 1 is 1.64 bits per heavy atom. The van der Waals surface area contributed by atoms with E-state index in [-0.39, 0.29) is 5.78 Å². The first-order valence-electron chi connectivity index (χ1n) is 3.34. The van der Waals surface area contributed by atoms with E-state index in [1.54, 1.807) is 0 Å². The zero-order valence-corrected chi connectivity index (χ0v) is 6.88. The van der Waals surface area contributed by atoms with Gasteiger partial charge in [0.2, 0.25) is 5.95 Å². The summed E-state index contributed by atoms with van der Waals surface area (Å²) in [5.41, 5.74) is 0.550. The molecule has 0 radical (unpaired) electrons. The molecule has 4 heteroatoms. The summed E-state index contributed by atoms with van der Waals surface area (Å²) >= 11 is 0. The summed E-state index contributed by atoms with van der Waals surface area (Å²) in [6, 6.07) is 0. The van der Waals surface area contributed by atoms with Gasteiger partial charge in [-0.05, 0) is 0 Å². The summed E-state index contributed by atoms with van der Waals surface area (Å²) < 4.78 is 0. The molecule has 1 heterocycles. The Hall–Kier alpha value is -1.32. The minimum Gasteiger partial charge on any atom is -0.349 e. The number of carbonyl (C=O) groups is 1. The van der Waals surface area contributed by atoms with E-state index in [9.17, 15) is 4.79 Å². The van der Waals surface area contributed by atoms with Gasteiger partial charge in [0.05, 0.1) is 6.20 Å². The number of carbonyl (C=O) groups excluding carboxylic acids is 1. The van der Waals surface area contributed by atoms with Crippen molar-refractivity contribution in [2.45, 2.75) is 6.92 Å². The fourth-order valence-electron chi connectivity index (χ4n) is 0.717. The van der Waals surface area contributed by atoms with Gasteiger partial charge in [-0.2, -0.15) is 0 Å². The average Bonchev–Trinajstić information content (AvgIpc) is 2.33. The molecule has 1 aromatic heterocycles. The molecule has 11 heavy (non-hydrogen) atoms. The van der Waals surface area contributed by atoms with E-state index in [1.807, 2.05) is 19.0 Å². The fraction of sp³-hybridized carbons (Fsp3) is 0.429. The summed E-state index contributed by atoms with van der Waals surface area (Å²) in [6.45, 7) is 1.51. The molecule has 1 rings (SSSR count). The summed E-state index contributed by atoms with van der Waals surface area (Å²) in [4.78, 5) is 19.5. The van der Waals surface area contributed by atoms with Gasteiger partial charge in [0.25, 0.3) is 0 Å². The molecular formula is C7H11N3O. The van der Waals surface area contributed by atoms with E-state index in [4.69, 9.17) is 0 Å². The standard InChI is InChI=1S/C7H11N3O/c1-5(11)6-4-8-7(9-6)10(2)3/h4H,1-3H3,(H,8,9). The molecule has 0 spiro atoms. The quantitative estimate of drug-likeness (QED) is 0.635. The maximum Gasteiger partial charge on any atom is 0.202 e. The SMILES string of the molecule is CC(=O)c1cnc(N(C)C)[nH]1. The zero-order chi connectivity index (χ0) is 8.43. The highest BCUT2D eigenvalue weighted by molar-refractivity contribution is 5.92. The van der Waals surface area contributed by atoms with E-state index >= 15 is 0 Å². The van der Waals surface area contributed by atoms with Crippen molar-refractivity contribution in [3.05, 3.63) is 11.9 Å².